The van der Waals surface area contributed by atoms with Crippen molar-refractivity contribution in [3.63, 3.8) is 0 Å². The number of hydrogen-bond acceptors (Lipinski definition) is 5. The topological polar surface area (TPSA) is 84.9 Å². The monoisotopic (exact) mass is 436 g/mol. The van der Waals surface area contributed by atoms with Crippen LogP contribution in [0, 0.1) is 0 Å². The van der Waals surface area contributed by atoms with Gasteiger partial charge in [-0.2, -0.15) is 0 Å². The van der Waals surface area contributed by atoms with Crippen LogP contribution in [0.3, 0.4) is 0 Å². The Morgan fingerprint density at radius 1 is 1.09 bits per heavy atom. The van der Waals surface area contributed by atoms with Crippen LogP contribution in [0.1, 0.15) is 49.2 Å². The van der Waals surface area contributed by atoms with Crippen LogP contribution in [0.15, 0.2) is 60.7 Å². The van der Waals surface area contributed by atoms with Crippen LogP contribution in [0.2, 0.25) is 0 Å². The van der Waals surface area contributed by atoms with Gasteiger partial charge in [0.05, 0.1) is 18.2 Å². The molecule has 3 amide bonds. The first kappa shape index (κ1) is 23.1. The first-order valence-corrected chi connectivity index (χ1v) is 10.4. The number of urea groups is 1. The van der Waals surface area contributed by atoms with Crippen molar-refractivity contribution in [3.05, 3.63) is 77.4 Å². The molecule has 2 aromatic rings. The molecule has 32 heavy (non-hydrogen) atoms. The SMILES string of the molecule is C=C(C)COc1ccc(C2(C)NC(=O)N(Cc3ccc(C(=O)OC(C)C)cc3)C2=O)cc1. The first-order valence-electron chi connectivity index (χ1n) is 10.4. The van der Waals surface area contributed by atoms with Crippen LogP contribution in [0.25, 0.3) is 0 Å². The lowest BCUT2D eigenvalue weighted by Crippen LogP contribution is -2.40. The molecule has 0 aromatic heterocycles. The number of amides is 3. The highest BCUT2D eigenvalue weighted by molar-refractivity contribution is 6.07. The Bertz CT molecular complexity index is 1030. The molecule has 0 aliphatic carbocycles. The normalized spacial score (nSPS) is 18.0. The highest BCUT2D eigenvalue weighted by atomic mass is 16.5. The Morgan fingerprint density at radius 2 is 1.72 bits per heavy atom. The molecule has 0 radical (unpaired) electrons. The fourth-order valence-corrected chi connectivity index (χ4v) is 3.34. The summed E-state index contributed by atoms with van der Waals surface area (Å²) in [6.45, 7) is 11.4. The molecule has 1 aliphatic heterocycles. The van der Waals surface area contributed by atoms with Gasteiger partial charge in [-0.25, -0.2) is 9.59 Å². The summed E-state index contributed by atoms with van der Waals surface area (Å²) in [6.07, 6.45) is -0.211. The zero-order chi connectivity index (χ0) is 23.5. The molecule has 3 rings (SSSR count). The summed E-state index contributed by atoms with van der Waals surface area (Å²) in [5.74, 6) is -0.101. The molecule has 168 valence electrons. The quantitative estimate of drug-likeness (QED) is 0.381. The summed E-state index contributed by atoms with van der Waals surface area (Å²) in [5.41, 5.74) is 1.53. The predicted molar refractivity (Wildman–Crippen MR) is 120 cm³/mol. The van der Waals surface area contributed by atoms with E-state index in [0.717, 1.165) is 11.1 Å². The number of esters is 1. The molecule has 0 bridgehead atoms. The number of rotatable bonds is 8. The van der Waals surface area contributed by atoms with Gasteiger partial charge in [-0.3, -0.25) is 9.69 Å². The van der Waals surface area contributed by atoms with Gasteiger partial charge < -0.3 is 14.8 Å². The molecule has 1 N–H and O–H groups in total. The number of nitrogens with one attached hydrogen (secondary N) is 1. The zero-order valence-electron chi connectivity index (χ0n) is 18.8. The van der Waals surface area contributed by atoms with Gasteiger partial charge >= 0.3 is 12.0 Å². The zero-order valence-corrected chi connectivity index (χ0v) is 18.8. The highest BCUT2D eigenvalue weighted by Gasteiger charge is 2.48. The summed E-state index contributed by atoms with van der Waals surface area (Å²) >= 11 is 0. The molecule has 1 unspecified atom stereocenters. The van der Waals surface area contributed by atoms with E-state index in [0.29, 0.717) is 23.5 Å². The lowest BCUT2D eigenvalue weighted by molar-refractivity contribution is -0.131. The Hall–Kier alpha value is -3.61. The van der Waals surface area contributed by atoms with Gasteiger partial charge in [-0.15, -0.1) is 0 Å². The molecule has 7 nitrogen and oxygen atoms in total. The van der Waals surface area contributed by atoms with E-state index in [1.807, 2.05) is 6.92 Å². The highest BCUT2D eigenvalue weighted by Crippen LogP contribution is 2.31. The third kappa shape index (κ3) is 4.99. The van der Waals surface area contributed by atoms with E-state index in [-0.39, 0.29) is 18.6 Å². The van der Waals surface area contributed by atoms with Crippen LogP contribution in [-0.2, 0) is 21.6 Å². The number of imide groups is 1. The van der Waals surface area contributed by atoms with Crippen molar-refractivity contribution in [1.82, 2.24) is 10.2 Å². The van der Waals surface area contributed by atoms with Crippen molar-refractivity contribution in [2.45, 2.75) is 45.9 Å². The van der Waals surface area contributed by atoms with Gasteiger partial charge in [-0.1, -0.05) is 30.8 Å². The lowest BCUT2D eigenvalue weighted by atomic mass is 9.92. The molecule has 0 saturated carbocycles. The molecule has 0 spiro atoms. The van der Waals surface area contributed by atoms with Gasteiger partial charge in [0.2, 0.25) is 0 Å². The average molecular weight is 437 g/mol. The Balaban J connectivity index is 1.71. The van der Waals surface area contributed by atoms with E-state index in [9.17, 15) is 14.4 Å². The molecule has 2 aromatic carbocycles. The van der Waals surface area contributed by atoms with Gasteiger partial charge in [0.15, 0.2) is 0 Å². The number of ether oxygens (including phenoxy) is 2. The standard InChI is InChI=1S/C25H28N2O5/c1-16(2)15-31-21-12-10-20(11-13-21)25(5)23(29)27(24(30)26-25)14-18-6-8-19(9-7-18)22(28)32-17(3)4/h6-13,17H,1,14-15H2,2-5H3,(H,26,30). The number of hydrogen-bond donors (Lipinski definition) is 1. The van der Waals surface area contributed by atoms with E-state index < -0.39 is 17.5 Å². The second-order valence-electron chi connectivity index (χ2n) is 8.37. The minimum Gasteiger partial charge on any atom is -0.489 e. The van der Waals surface area contributed by atoms with Crippen molar-refractivity contribution in [3.8, 4) is 5.75 Å². The summed E-state index contributed by atoms with van der Waals surface area (Å²) in [4.78, 5) is 38.9. The van der Waals surface area contributed by atoms with Crippen LogP contribution >= 0.6 is 0 Å². The molecule has 1 saturated heterocycles. The maximum Gasteiger partial charge on any atom is 0.338 e. The molecule has 1 atom stereocenters. The van der Waals surface area contributed by atoms with Crippen molar-refractivity contribution in [1.29, 1.82) is 0 Å². The van der Waals surface area contributed by atoms with Crippen molar-refractivity contribution >= 4 is 17.9 Å². The van der Waals surface area contributed by atoms with E-state index >= 15 is 0 Å². The van der Waals surface area contributed by atoms with E-state index in [1.165, 1.54) is 4.90 Å². The molecular formula is C25H28N2O5. The van der Waals surface area contributed by atoms with Gasteiger partial charge in [0.25, 0.3) is 5.91 Å². The Kier molecular flexibility index (Phi) is 6.67. The number of benzene rings is 2. The lowest BCUT2D eigenvalue weighted by Gasteiger charge is -2.22. The Labute approximate surface area is 188 Å². The third-order valence-corrected chi connectivity index (χ3v) is 5.06. The molecule has 7 heteroatoms. The molecule has 1 aliphatic rings. The maximum absolute atomic E-state index is 13.2. The fourth-order valence-electron chi connectivity index (χ4n) is 3.34. The summed E-state index contributed by atoms with van der Waals surface area (Å²) in [7, 11) is 0. The van der Waals surface area contributed by atoms with Crippen molar-refractivity contribution < 1.29 is 23.9 Å². The summed E-state index contributed by atoms with van der Waals surface area (Å²) in [6, 6.07) is 13.3. The van der Waals surface area contributed by atoms with Crippen LogP contribution < -0.4 is 10.1 Å². The van der Waals surface area contributed by atoms with E-state index in [4.69, 9.17) is 9.47 Å². The van der Waals surface area contributed by atoms with Crippen molar-refractivity contribution in [2.24, 2.45) is 0 Å². The van der Waals surface area contributed by atoms with Crippen molar-refractivity contribution in [2.75, 3.05) is 6.61 Å². The van der Waals surface area contributed by atoms with Gasteiger partial charge in [0, 0.05) is 0 Å². The van der Waals surface area contributed by atoms with E-state index in [2.05, 4.69) is 11.9 Å². The fraction of sp³-hybridized carbons (Fsp3) is 0.320. The Morgan fingerprint density at radius 3 is 2.28 bits per heavy atom. The largest absolute Gasteiger partial charge is 0.489 e. The van der Waals surface area contributed by atoms with Gasteiger partial charge in [-0.05, 0) is 68.7 Å². The maximum atomic E-state index is 13.2. The van der Waals surface area contributed by atoms with Crippen LogP contribution in [0.4, 0.5) is 4.79 Å². The molecule has 1 heterocycles. The smallest absolute Gasteiger partial charge is 0.338 e. The predicted octanol–water partition coefficient (Wildman–Crippen LogP) is 4.17. The third-order valence-electron chi connectivity index (χ3n) is 5.06. The van der Waals surface area contributed by atoms with Crippen LogP contribution in [-0.4, -0.2) is 35.5 Å². The number of carbonyl (C=O) groups is 3. The minimum atomic E-state index is -1.18. The second-order valence-corrected chi connectivity index (χ2v) is 8.37. The number of carbonyl (C=O) groups excluding carboxylic acids is 3. The average Bonchev–Trinajstić information content (AvgIpc) is 2.96. The minimum absolute atomic E-state index is 0.0968. The summed E-state index contributed by atoms with van der Waals surface area (Å²) < 4.78 is 10.8. The second kappa shape index (κ2) is 9.26. The van der Waals surface area contributed by atoms with Gasteiger partial charge in [0.1, 0.15) is 17.9 Å². The first-order chi connectivity index (χ1) is 15.1. The van der Waals surface area contributed by atoms with E-state index in [1.54, 1.807) is 69.3 Å². The molecule has 1 fully saturated rings. The number of nitrogens with zero attached hydrogens (tertiary/aromatic N) is 1. The van der Waals surface area contributed by atoms with Crippen LogP contribution in [0.5, 0.6) is 5.75 Å². The summed E-state index contributed by atoms with van der Waals surface area (Å²) in [5, 5.41) is 2.80. The molecular weight excluding hydrogens is 408 g/mol.